The van der Waals surface area contributed by atoms with Crippen LogP contribution in [-0.2, 0) is 6.54 Å². The quantitative estimate of drug-likeness (QED) is 0.443. The zero-order valence-corrected chi connectivity index (χ0v) is 15.2. The number of rotatable bonds is 8. The number of benzene rings is 2. The first-order chi connectivity index (χ1) is 11.8. The molecule has 1 heterocycles. The monoisotopic (exact) mass is 377 g/mol. The van der Waals surface area contributed by atoms with Crippen molar-refractivity contribution in [1.29, 1.82) is 0 Å². The SMILES string of the molecule is Clc1ccc(OCCSc2nnc(NCc3ccccc3)s2)cc1. The molecule has 0 aliphatic rings. The van der Waals surface area contributed by atoms with Gasteiger partial charge in [0, 0.05) is 17.3 Å². The molecule has 0 radical (unpaired) electrons. The highest BCUT2D eigenvalue weighted by Crippen LogP contribution is 2.26. The van der Waals surface area contributed by atoms with E-state index in [0.29, 0.717) is 11.6 Å². The van der Waals surface area contributed by atoms with Crippen molar-refractivity contribution in [3.8, 4) is 5.75 Å². The molecule has 0 fully saturated rings. The lowest BCUT2D eigenvalue weighted by atomic mass is 10.2. The van der Waals surface area contributed by atoms with E-state index in [0.717, 1.165) is 27.5 Å². The summed E-state index contributed by atoms with van der Waals surface area (Å²) in [5, 5.41) is 13.2. The average Bonchev–Trinajstić information content (AvgIpc) is 3.07. The van der Waals surface area contributed by atoms with Crippen molar-refractivity contribution in [3.05, 3.63) is 65.2 Å². The van der Waals surface area contributed by atoms with Crippen LogP contribution in [0.1, 0.15) is 5.56 Å². The predicted molar refractivity (Wildman–Crippen MR) is 101 cm³/mol. The number of aromatic nitrogens is 2. The molecule has 4 nitrogen and oxygen atoms in total. The number of nitrogens with one attached hydrogen (secondary N) is 1. The fraction of sp³-hybridized carbons (Fsp3) is 0.176. The number of anilines is 1. The van der Waals surface area contributed by atoms with Crippen LogP contribution in [0, 0.1) is 0 Å². The molecule has 0 saturated heterocycles. The van der Waals surface area contributed by atoms with Crippen molar-refractivity contribution in [2.75, 3.05) is 17.7 Å². The Balaban J connectivity index is 1.39. The molecule has 7 heteroatoms. The fourth-order valence-corrected chi connectivity index (χ4v) is 3.69. The third-order valence-electron chi connectivity index (χ3n) is 3.08. The van der Waals surface area contributed by atoms with E-state index in [1.165, 1.54) is 5.56 Å². The van der Waals surface area contributed by atoms with E-state index in [1.807, 2.05) is 42.5 Å². The van der Waals surface area contributed by atoms with Crippen LogP contribution < -0.4 is 10.1 Å². The molecule has 1 aromatic heterocycles. The number of hydrogen-bond acceptors (Lipinski definition) is 6. The first kappa shape index (κ1) is 17.1. The maximum atomic E-state index is 5.84. The van der Waals surface area contributed by atoms with Crippen molar-refractivity contribution in [2.24, 2.45) is 0 Å². The van der Waals surface area contributed by atoms with Gasteiger partial charge in [0.2, 0.25) is 5.13 Å². The highest BCUT2D eigenvalue weighted by atomic mass is 35.5. The zero-order valence-electron chi connectivity index (χ0n) is 12.8. The Kier molecular flexibility index (Phi) is 6.34. The molecule has 124 valence electrons. The van der Waals surface area contributed by atoms with Gasteiger partial charge in [-0.05, 0) is 29.8 Å². The van der Waals surface area contributed by atoms with Crippen molar-refractivity contribution >= 4 is 39.8 Å². The number of ether oxygens (including phenoxy) is 1. The van der Waals surface area contributed by atoms with Crippen LogP contribution in [0.25, 0.3) is 0 Å². The second-order valence-electron chi connectivity index (χ2n) is 4.86. The average molecular weight is 378 g/mol. The highest BCUT2D eigenvalue weighted by Gasteiger charge is 2.05. The van der Waals surface area contributed by atoms with Gasteiger partial charge >= 0.3 is 0 Å². The highest BCUT2D eigenvalue weighted by molar-refractivity contribution is 8.01. The van der Waals surface area contributed by atoms with Crippen molar-refractivity contribution < 1.29 is 4.74 Å². The van der Waals surface area contributed by atoms with Gasteiger partial charge in [-0.2, -0.15) is 0 Å². The standard InChI is InChI=1S/C17H16ClN3OS2/c18-14-6-8-15(9-7-14)22-10-11-23-17-21-20-16(24-17)19-12-13-4-2-1-3-5-13/h1-9H,10-12H2,(H,19,20). The molecular formula is C17H16ClN3OS2. The first-order valence-electron chi connectivity index (χ1n) is 7.42. The number of nitrogens with zero attached hydrogens (tertiary/aromatic N) is 2. The van der Waals surface area contributed by atoms with Gasteiger partial charge in [-0.1, -0.05) is 65.0 Å². The maximum Gasteiger partial charge on any atom is 0.206 e. The molecular weight excluding hydrogens is 362 g/mol. The van der Waals surface area contributed by atoms with Crippen LogP contribution in [0.15, 0.2) is 58.9 Å². The smallest absolute Gasteiger partial charge is 0.206 e. The van der Waals surface area contributed by atoms with E-state index < -0.39 is 0 Å². The molecule has 0 spiro atoms. The van der Waals surface area contributed by atoms with Crippen LogP contribution in [0.5, 0.6) is 5.75 Å². The van der Waals surface area contributed by atoms with E-state index in [9.17, 15) is 0 Å². The third-order valence-corrected chi connectivity index (χ3v) is 5.31. The summed E-state index contributed by atoms with van der Waals surface area (Å²) >= 11 is 9.04. The summed E-state index contributed by atoms with van der Waals surface area (Å²) in [7, 11) is 0. The van der Waals surface area contributed by atoms with E-state index in [-0.39, 0.29) is 0 Å². The van der Waals surface area contributed by atoms with Crippen LogP contribution in [0.2, 0.25) is 5.02 Å². The van der Waals surface area contributed by atoms with Gasteiger partial charge in [0.25, 0.3) is 0 Å². The van der Waals surface area contributed by atoms with E-state index >= 15 is 0 Å². The molecule has 0 unspecified atom stereocenters. The van der Waals surface area contributed by atoms with Crippen molar-refractivity contribution in [1.82, 2.24) is 10.2 Å². The molecule has 0 atom stereocenters. The summed E-state index contributed by atoms with van der Waals surface area (Å²) in [6, 6.07) is 17.6. The predicted octanol–water partition coefficient (Wildman–Crippen LogP) is 4.97. The topological polar surface area (TPSA) is 47.0 Å². The van der Waals surface area contributed by atoms with Gasteiger partial charge in [0.15, 0.2) is 4.34 Å². The molecule has 2 aromatic carbocycles. The van der Waals surface area contributed by atoms with E-state index in [4.69, 9.17) is 16.3 Å². The van der Waals surface area contributed by atoms with Gasteiger partial charge in [0.05, 0.1) is 6.61 Å². The molecule has 0 saturated carbocycles. The Morgan fingerprint density at radius 2 is 1.83 bits per heavy atom. The van der Waals surface area contributed by atoms with Gasteiger partial charge in [-0.3, -0.25) is 0 Å². The van der Waals surface area contributed by atoms with E-state index in [1.54, 1.807) is 23.1 Å². The Labute approximate surface area is 154 Å². The summed E-state index contributed by atoms with van der Waals surface area (Å²) in [5.74, 6) is 1.64. The summed E-state index contributed by atoms with van der Waals surface area (Å²) in [5.41, 5.74) is 1.22. The number of halogens is 1. The Morgan fingerprint density at radius 1 is 1.04 bits per heavy atom. The lowest BCUT2D eigenvalue weighted by Gasteiger charge is -2.04. The molecule has 24 heavy (non-hydrogen) atoms. The first-order valence-corrected chi connectivity index (χ1v) is 9.60. The van der Waals surface area contributed by atoms with Crippen LogP contribution >= 0.6 is 34.7 Å². The number of thioether (sulfide) groups is 1. The Morgan fingerprint density at radius 3 is 2.62 bits per heavy atom. The van der Waals surface area contributed by atoms with Crippen molar-refractivity contribution in [3.63, 3.8) is 0 Å². The summed E-state index contributed by atoms with van der Waals surface area (Å²) in [6.45, 7) is 1.36. The van der Waals surface area contributed by atoms with Gasteiger partial charge in [-0.25, -0.2) is 0 Å². The molecule has 3 aromatic rings. The lowest BCUT2D eigenvalue weighted by Crippen LogP contribution is -1.99. The summed E-state index contributed by atoms with van der Waals surface area (Å²) in [6.07, 6.45) is 0. The minimum Gasteiger partial charge on any atom is -0.493 e. The second kappa shape index (κ2) is 8.92. The molecule has 1 N–H and O–H groups in total. The molecule has 0 aliphatic heterocycles. The molecule has 0 bridgehead atoms. The van der Waals surface area contributed by atoms with Crippen LogP contribution in [0.4, 0.5) is 5.13 Å². The van der Waals surface area contributed by atoms with Crippen LogP contribution in [0.3, 0.4) is 0 Å². The third kappa shape index (κ3) is 5.40. The van der Waals surface area contributed by atoms with Gasteiger partial charge in [-0.15, -0.1) is 10.2 Å². The Hall–Kier alpha value is -1.76. The second-order valence-corrected chi connectivity index (χ2v) is 7.62. The molecule has 0 amide bonds. The van der Waals surface area contributed by atoms with Crippen LogP contribution in [-0.4, -0.2) is 22.6 Å². The minimum absolute atomic E-state index is 0.610. The van der Waals surface area contributed by atoms with Crippen molar-refractivity contribution in [2.45, 2.75) is 10.9 Å². The minimum atomic E-state index is 0.610. The number of hydrogen-bond donors (Lipinski definition) is 1. The fourth-order valence-electron chi connectivity index (χ4n) is 1.93. The Bertz CT molecular complexity index is 750. The molecule has 3 rings (SSSR count). The zero-order chi connectivity index (χ0) is 16.6. The summed E-state index contributed by atoms with van der Waals surface area (Å²) in [4.78, 5) is 0. The van der Waals surface area contributed by atoms with Gasteiger partial charge in [0.1, 0.15) is 5.75 Å². The van der Waals surface area contributed by atoms with Gasteiger partial charge < -0.3 is 10.1 Å². The summed E-state index contributed by atoms with van der Waals surface area (Å²) < 4.78 is 6.59. The normalized spacial score (nSPS) is 10.5. The lowest BCUT2D eigenvalue weighted by molar-refractivity contribution is 0.344. The molecule has 0 aliphatic carbocycles. The largest absolute Gasteiger partial charge is 0.493 e. The van der Waals surface area contributed by atoms with E-state index in [2.05, 4.69) is 27.6 Å². The maximum absolute atomic E-state index is 5.84.